The predicted octanol–water partition coefficient (Wildman–Crippen LogP) is 5.31. The van der Waals surface area contributed by atoms with Crippen LogP contribution in [-0.2, 0) is 4.79 Å². The summed E-state index contributed by atoms with van der Waals surface area (Å²) in [7, 11) is 0. The van der Waals surface area contributed by atoms with Crippen LogP contribution in [0.2, 0.25) is 0 Å². The zero-order valence-electron chi connectivity index (χ0n) is 14.0. The van der Waals surface area contributed by atoms with Crippen LogP contribution in [0.1, 0.15) is 97.8 Å². The Kier molecular flexibility index (Phi) is 8.97. The van der Waals surface area contributed by atoms with E-state index in [4.69, 9.17) is 0 Å². The molecule has 0 spiro atoms. The van der Waals surface area contributed by atoms with Crippen LogP contribution in [0.3, 0.4) is 0 Å². The highest BCUT2D eigenvalue weighted by atomic mass is 16.2. The number of piperidine rings is 1. The fourth-order valence-electron chi connectivity index (χ4n) is 3.45. The van der Waals surface area contributed by atoms with Crippen LogP contribution < -0.4 is 0 Å². The van der Waals surface area contributed by atoms with Crippen LogP contribution in [0.5, 0.6) is 0 Å². The van der Waals surface area contributed by atoms with Gasteiger partial charge in [0.25, 0.3) is 0 Å². The van der Waals surface area contributed by atoms with Crippen LogP contribution in [0.25, 0.3) is 0 Å². The molecule has 1 saturated heterocycles. The maximum absolute atomic E-state index is 12.3. The summed E-state index contributed by atoms with van der Waals surface area (Å²) in [4.78, 5) is 14.5. The highest BCUT2D eigenvalue weighted by Gasteiger charge is 2.28. The van der Waals surface area contributed by atoms with E-state index >= 15 is 0 Å². The molecule has 2 unspecified atom stereocenters. The van der Waals surface area contributed by atoms with Gasteiger partial charge in [0.1, 0.15) is 0 Å². The monoisotopic (exact) mass is 281 g/mol. The Morgan fingerprint density at radius 2 is 1.40 bits per heavy atom. The molecule has 1 aliphatic rings. The minimum absolute atomic E-state index is 0.399. The average molecular weight is 281 g/mol. The lowest BCUT2D eigenvalue weighted by Crippen LogP contribution is -2.47. The van der Waals surface area contributed by atoms with Crippen LogP contribution in [0.4, 0.5) is 0 Å². The van der Waals surface area contributed by atoms with Crippen molar-refractivity contribution in [1.29, 1.82) is 0 Å². The molecular formula is C18H35NO. The van der Waals surface area contributed by atoms with Crippen molar-refractivity contribution in [2.45, 2.75) is 110 Å². The van der Waals surface area contributed by atoms with E-state index in [1.165, 1.54) is 64.2 Å². The molecule has 1 amide bonds. The normalized spacial score (nSPS) is 23.1. The van der Waals surface area contributed by atoms with Crippen LogP contribution in [-0.4, -0.2) is 22.9 Å². The molecule has 0 bridgehead atoms. The zero-order chi connectivity index (χ0) is 14.8. The SMILES string of the molecule is CCCCCCCCCCC(=O)N1C(C)CCCC1C. The van der Waals surface area contributed by atoms with Gasteiger partial charge < -0.3 is 4.90 Å². The molecule has 0 aromatic rings. The molecular weight excluding hydrogens is 246 g/mol. The highest BCUT2D eigenvalue weighted by Crippen LogP contribution is 2.23. The first kappa shape index (κ1) is 17.5. The molecule has 0 N–H and O–H groups in total. The van der Waals surface area contributed by atoms with Gasteiger partial charge in [-0.3, -0.25) is 4.79 Å². The van der Waals surface area contributed by atoms with Crippen molar-refractivity contribution in [3.63, 3.8) is 0 Å². The maximum Gasteiger partial charge on any atom is 0.223 e. The third-order valence-electron chi connectivity index (χ3n) is 4.73. The summed E-state index contributed by atoms with van der Waals surface area (Å²) < 4.78 is 0. The van der Waals surface area contributed by atoms with Crippen LogP contribution in [0.15, 0.2) is 0 Å². The molecule has 0 aromatic carbocycles. The first-order chi connectivity index (χ1) is 9.66. The Bertz CT molecular complexity index is 254. The first-order valence-corrected chi connectivity index (χ1v) is 8.98. The van der Waals surface area contributed by atoms with Crippen molar-refractivity contribution in [2.24, 2.45) is 0 Å². The second-order valence-corrected chi connectivity index (χ2v) is 6.65. The number of unbranched alkanes of at least 4 members (excludes halogenated alkanes) is 7. The van der Waals surface area contributed by atoms with Crippen LogP contribution in [0, 0.1) is 0 Å². The second kappa shape index (κ2) is 10.2. The van der Waals surface area contributed by atoms with E-state index in [9.17, 15) is 4.79 Å². The van der Waals surface area contributed by atoms with Crippen molar-refractivity contribution in [1.82, 2.24) is 4.90 Å². The van der Waals surface area contributed by atoms with Crippen molar-refractivity contribution in [3.8, 4) is 0 Å². The van der Waals surface area contributed by atoms with Crippen molar-refractivity contribution < 1.29 is 4.79 Å². The molecule has 0 aliphatic carbocycles. The number of likely N-dealkylation sites (tertiary alicyclic amines) is 1. The minimum atomic E-state index is 0.399. The quantitative estimate of drug-likeness (QED) is 0.525. The van der Waals surface area contributed by atoms with E-state index in [1.54, 1.807) is 0 Å². The summed E-state index contributed by atoms with van der Waals surface area (Å²) in [5, 5.41) is 0. The fourth-order valence-corrected chi connectivity index (χ4v) is 3.45. The van der Waals surface area contributed by atoms with Crippen molar-refractivity contribution in [2.75, 3.05) is 0 Å². The van der Waals surface area contributed by atoms with Gasteiger partial charge in [-0.05, 0) is 39.5 Å². The molecule has 1 fully saturated rings. The summed E-state index contributed by atoms with van der Waals surface area (Å²) >= 11 is 0. The Labute approximate surface area is 126 Å². The van der Waals surface area contributed by atoms with Gasteiger partial charge in [0.15, 0.2) is 0 Å². The lowest BCUT2D eigenvalue weighted by molar-refractivity contribution is -0.137. The summed E-state index contributed by atoms with van der Waals surface area (Å²) in [6.07, 6.45) is 14.9. The van der Waals surface area contributed by atoms with Gasteiger partial charge in [-0.15, -0.1) is 0 Å². The first-order valence-electron chi connectivity index (χ1n) is 8.98. The number of carbonyl (C=O) groups is 1. The van der Waals surface area contributed by atoms with Gasteiger partial charge in [-0.1, -0.05) is 51.9 Å². The highest BCUT2D eigenvalue weighted by molar-refractivity contribution is 5.76. The minimum Gasteiger partial charge on any atom is -0.337 e. The third-order valence-corrected chi connectivity index (χ3v) is 4.73. The number of rotatable bonds is 9. The Hall–Kier alpha value is -0.530. The van der Waals surface area contributed by atoms with Gasteiger partial charge in [0.05, 0.1) is 0 Å². The van der Waals surface area contributed by atoms with Gasteiger partial charge in [0, 0.05) is 18.5 Å². The molecule has 2 nitrogen and oxygen atoms in total. The third kappa shape index (κ3) is 6.28. The van der Waals surface area contributed by atoms with E-state index in [0.717, 1.165) is 12.8 Å². The Balaban J connectivity index is 2.07. The van der Waals surface area contributed by atoms with E-state index in [1.807, 2.05) is 0 Å². The second-order valence-electron chi connectivity index (χ2n) is 6.65. The smallest absolute Gasteiger partial charge is 0.223 e. The van der Waals surface area contributed by atoms with E-state index in [-0.39, 0.29) is 0 Å². The largest absolute Gasteiger partial charge is 0.337 e. The van der Waals surface area contributed by atoms with Crippen molar-refractivity contribution in [3.05, 3.63) is 0 Å². The standard InChI is InChI=1S/C18H35NO/c1-4-5-6-7-8-9-10-11-15-18(20)19-16(2)13-12-14-17(19)3/h16-17H,4-15H2,1-3H3. The van der Waals surface area contributed by atoms with Gasteiger partial charge in [-0.2, -0.15) is 0 Å². The molecule has 1 aliphatic heterocycles. The number of hydrogen-bond donors (Lipinski definition) is 0. The summed E-state index contributed by atoms with van der Waals surface area (Å²) in [6.45, 7) is 6.68. The lowest BCUT2D eigenvalue weighted by atomic mass is 9.96. The predicted molar refractivity (Wildman–Crippen MR) is 86.8 cm³/mol. The van der Waals surface area contributed by atoms with Crippen LogP contribution >= 0.6 is 0 Å². The van der Waals surface area contributed by atoms with E-state index in [0.29, 0.717) is 18.0 Å². The molecule has 0 saturated carbocycles. The molecule has 2 atom stereocenters. The van der Waals surface area contributed by atoms with Gasteiger partial charge in [0.2, 0.25) is 5.91 Å². The van der Waals surface area contributed by atoms with E-state index < -0.39 is 0 Å². The molecule has 118 valence electrons. The Morgan fingerprint density at radius 3 is 1.95 bits per heavy atom. The van der Waals surface area contributed by atoms with Gasteiger partial charge >= 0.3 is 0 Å². The number of amides is 1. The molecule has 0 radical (unpaired) electrons. The molecule has 20 heavy (non-hydrogen) atoms. The van der Waals surface area contributed by atoms with Crippen molar-refractivity contribution >= 4 is 5.91 Å². The topological polar surface area (TPSA) is 20.3 Å². The molecule has 0 aromatic heterocycles. The number of nitrogens with zero attached hydrogens (tertiary/aromatic N) is 1. The summed E-state index contributed by atoms with van der Waals surface area (Å²) in [5.74, 6) is 0.399. The lowest BCUT2D eigenvalue weighted by Gasteiger charge is -2.39. The van der Waals surface area contributed by atoms with Gasteiger partial charge in [-0.25, -0.2) is 0 Å². The number of hydrogen-bond acceptors (Lipinski definition) is 1. The Morgan fingerprint density at radius 1 is 0.900 bits per heavy atom. The molecule has 1 heterocycles. The van der Waals surface area contributed by atoms with E-state index in [2.05, 4.69) is 25.7 Å². The zero-order valence-corrected chi connectivity index (χ0v) is 14.0. The summed E-state index contributed by atoms with van der Waals surface area (Å²) in [5.41, 5.74) is 0. The number of carbonyl (C=O) groups excluding carboxylic acids is 1. The summed E-state index contributed by atoms with van der Waals surface area (Å²) in [6, 6.07) is 0.917. The fraction of sp³-hybridized carbons (Fsp3) is 0.944. The molecule has 1 rings (SSSR count). The molecule has 2 heteroatoms. The maximum atomic E-state index is 12.3. The average Bonchev–Trinajstić information content (AvgIpc) is 2.41.